The molecule has 2 heterocycles. The summed E-state index contributed by atoms with van der Waals surface area (Å²) in [5.74, 6) is 0.578. The lowest BCUT2D eigenvalue weighted by atomic mass is 10.0. The standard InChI is InChI=1S/C15H23N3O/c1-11(2)6-13(10-19)16-8-14-9-17-15-7-12(3)4-5-18(14)15/h4-5,7,9,11,13,16,19H,6,8,10H2,1-3H3. The number of hydrogen-bond acceptors (Lipinski definition) is 3. The van der Waals surface area contributed by atoms with Gasteiger partial charge in [-0.25, -0.2) is 4.98 Å². The van der Waals surface area contributed by atoms with Crippen molar-refractivity contribution in [1.29, 1.82) is 0 Å². The van der Waals surface area contributed by atoms with E-state index in [1.807, 2.05) is 12.4 Å². The maximum atomic E-state index is 9.37. The zero-order valence-corrected chi connectivity index (χ0v) is 11.9. The van der Waals surface area contributed by atoms with Crippen molar-refractivity contribution in [2.75, 3.05) is 6.61 Å². The molecule has 104 valence electrons. The van der Waals surface area contributed by atoms with Crippen LogP contribution in [0.15, 0.2) is 24.5 Å². The van der Waals surface area contributed by atoms with Gasteiger partial charge in [-0.3, -0.25) is 0 Å². The van der Waals surface area contributed by atoms with E-state index in [4.69, 9.17) is 0 Å². The number of aromatic nitrogens is 2. The molecule has 2 rings (SSSR count). The van der Waals surface area contributed by atoms with Gasteiger partial charge in [-0.2, -0.15) is 0 Å². The summed E-state index contributed by atoms with van der Waals surface area (Å²) >= 11 is 0. The van der Waals surface area contributed by atoms with Gasteiger partial charge in [-0.1, -0.05) is 13.8 Å². The van der Waals surface area contributed by atoms with Gasteiger partial charge >= 0.3 is 0 Å². The van der Waals surface area contributed by atoms with Crippen molar-refractivity contribution in [1.82, 2.24) is 14.7 Å². The molecular weight excluding hydrogens is 238 g/mol. The molecule has 0 aliphatic rings. The summed E-state index contributed by atoms with van der Waals surface area (Å²) in [5, 5.41) is 12.8. The zero-order valence-electron chi connectivity index (χ0n) is 11.9. The van der Waals surface area contributed by atoms with E-state index in [2.05, 4.69) is 47.6 Å². The lowest BCUT2D eigenvalue weighted by Gasteiger charge is -2.18. The number of pyridine rings is 1. The first kappa shape index (κ1) is 14.0. The normalized spacial score (nSPS) is 13.3. The number of hydrogen-bond donors (Lipinski definition) is 2. The Kier molecular flexibility index (Phi) is 4.56. The summed E-state index contributed by atoms with van der Waals surface area (Å²) in [5.41, 5.74) is 3.31. The molecule has 0 radical (unpaired) electrons. The third-order valence-electron chi connectivity index (χ3n) is 3.29. The fourth-order valence-corrected chi connectivity index (χ4v) is 2.31. The van der Waals surface area contributed by atoms with E-state index in [0.29, 0.717) is 5.92 Å². The molecule has 0 saturated carbocycles. The molecule has 2 aromatic rings. The first-order valence-corrected chi connectivity index (χ1v) is 6.87. The Hall–Kier alpha value is -1.39. The van der Waals surface area contributed by atoms with Gasteiger partial charge < -0.3 is 14.8 Å². The molecule has 1 unspecified atom stereocenters. The number of aliphatic hydroxyl groups is 1. The molecule has 0 amide bonds. The van der Waals surface area contributed by atoms with Crippen LogP contribution in [0, 0.1) is 12.8 Å². The van der Waals surface area contributed by atoms with Gasteiger partial charge in [0.1, 0.15) is 5.65 Å². The molecule has 4 heteroatoms. The van der Waals surface area contributed by atoms with Crippen LogP contribution in [-0.4, -0.2) is 27.1 Å². The molecule has 0 aliphatic heterocycles. The van der Waals surface area contributed by atoms with Crippen molar-refractivity contribution in [2.45, 2.75) is 39.8 Å². The molecule has 0 aliphatic carbocycles. The highest BCUT2D eigenvalue weighted by Crippen LogP contribution is 2.10. The third kappa shape index (κ3) is 3.55. The van der Waals surface area contributed by atoms with Crippen LogP contribution in [0.3, 0.4) is 0 Å². The van der Waals surface area contributed by atoms with Gasteiger partial charge in [0, 0.05) is 18.8 Å². The van der Waals surface area contributed by atoms with Crippen LogP contribution in [-0.2, 0) is 6.54 Å². The molecule has 4 nitrogen and oxygen atoms in total. The minimum atomic E-state index is 0.149. The average Bonchev–Trinajstić information content (AvgIpc) is 2.76. The van der Waals surface area contributed by atoms with E-state index in [-0.39, 0.29) is 12.6 Å². The van der Waals surface area contributed by atoms with E-state index in [9.17, 15) is 5.11 Å². The summed E-state index contributed by atoms with van der Waals surface area (Å²) in [6.45, 7) is 7.30. The molecule has 0 bridgehead atoms. The largest absolute Gasteiger partial charge is 0.395 e. The van der Waals surface area contributed by atoms with Gasteiger partial charge in [0.2, 0.25) is 0 Å². The zero-order chi connectivity index (χ0) is 13.8. The van der Waals surface area contributed by atoms with Gasteiger partial charge in [-0.15, -0.1) is 0 Å². The second kappa shape index (κ2) is 6.17. The van der Waals surface area contributed by atoms with Crippen LogP contribution in [0.1, 0.15) is 31.5 Å². The summed E-state index contributed by atoms with van der Waals surface area (Å²) in [6, 6.07) is 4.30. The van der Waals surface area contributed by atoms with Gasteiger partial charge in [0.05, 0.1) is 18.5 Å². The average molecular weight is 261 g/mol. The van der Waals surface area contributed by atoms with Gasteiger partial charge in [-0.05, 0) is 37.0 Å². The molecule has 0 spiro atoms. The first-order valence-electron chi connectivity index (χ1n) is 6.87. The van der Waals surface area contributed by atoms with Crippen LogP contribution in [0.5, 0.6) is 0 Å². The number of aliphatic hydroxyl groups excluding tert-OH is 1. The monoisotopic (exact) mass is 261 g/mol. The lowest BCUT2D eigenvalue weighted by Crippen LogP contribution is -2.33. The van der Waals surface area contributed by atoms with Crippen molar-refractivity contribution >= 4 is 5.65 Å². The van der Waals surface area contributed by atoms with Crippen LogP contribution >= 0.6 is 0 Å². The number of nitrogens with zero attached hydrogens (tertiary/aromatic N) is 2. The summed E-state index contributed by atoms with van der Waals surface area (Å²) in [6.07, 6.45) is 4.92. The number of fused-ring (bicyclic) bond motifs is 1. The van der Waals surface area contributed by atoms with E-state index < -0.39 is 0 Å². The fraction of sp³-hybridized carbons (Fsp3) is 0.533. The van der Waals surface area contributed by atoms with Crippen molar-refractivity contribution in [2.24, 2.45) is 5.92 Å². The molecule has 19 heavy (non-hydrogen) atoms. The van der Waals surface area contributed by atoms with E-state index in [1.54, 1.807) is 0 Å². The molecule has 1 atom stereocenters. The SMILES string of the molecule is Cc1ccn2c(CNC(CO)CC(C)C)cnc2c1. The molecule has 0 fully saturated rings. The van der Waals surface area contributed by atoms with Crippen LogP contribution in [0.25, 0.3) is 5.65 Å². The lowest BCUT2D eigenvalue weighted by molar-refractivity contribution is 0.223. The van der Waals surface area contributed by atoms with E-state index in [1.165, 1.54) is 5.56 Å². The first-order chi connectivity index (χ1) is 9.10. The summed E-state index contributed by atoms with van der Waals surface area (Å²) < 4.78 is 2.09. The smallest absolute Gasteiger partial charge is 0.137 e. The molecule has 0 saturated heterocycles. The highest BCUT2D eigenvalue weighted by atomic mass is 16.3. The van der Waals surface area contributed by atoms with Crippen molar-refractivity contribution in [3.8, 4) is 0 Å². The van der Waals surface area contributed by atoms with Crippen molar-refractivity contribution in [3.05, 3.63) is 35.8 Å². The Bertz CT molecular complexity index is 533. The van der Waals surface area contributed by atoms with Crippen LogP contribution in [0.2, 0.25) is 0 Å². The Morgan fingerprint density at radius 3 is 2.89 bits per heavy atom. The highest BCUT2D eigenvalue weighted by molar-refractivity contribution is 5.42. The van der Waals surface area contributed by atoms with Crippen LogP contribution < -0.4 is 5.32 Å². The summed E-state index contributed by atoms with van der Waals surface area (Å²) in [4.78, 5) is 4.40. The second-order valence-corrected chi connectivity index (χ2v) is 5.57. The Morgan fingerprint density at radius 1 is 1.42 bits per heavy atom. The van der Waals surface area contributed by atoms with E-state index in [0.717, 1.165) is 24.3 Å². The predicted octanol–water partition coefficient (Wildman–Crippen LogP) is 2.14. The minimum Gasteiger partial charge on any atom is -0.395 e. The topological polar surface area (TPSA) is 49.6 Å². The quantitative estimate of drug-likeness (QED) is 0.837. The number of imidazole rings is 1. The number of aryl methyl sites for hydroxylation is 1. The molecule has 0 aromatic carbocycles. The number of nitrogens with one attached hydrogen (secondary N) is 1. The van der Waals surface area contributed by atoms with Crippen molar-refractivity contribution < 1.29 is 5.11 Å². The molecule has 2 N–H and O–H groups in total. The molecular formula is C15H23N3O. The third-order valence-corrected chi connectivity index (χ3v) is 3.29. The fourth-order valence-electron chi connectivity index (χ4n) is 2.31. The maximum absolute atomic E-state index is 9.37. The predicted molar refractivity (Wildman–Crippen MR) is 77.1 cm³/mol. The summed E-state index contributed by atoms with van der Waals surface area (Å²) in [7, 11) is 0. The van der Waals surface area contributed by atoms with Crippen molar-refractivity contribution in [3.63, 3.8) is 0 Å². The minimum absolute atomic E-state index is 0.149. The van der Waals surface area contributed by atoms with E-state index >= 15 is 0 Å². The van der Waals surface area contributed by atoms with Crippen LogP contribution in [0.4, 0.5) is 0 Å². The second-order valence-electron chi connectivity index (χ2n) is 5.57. The highest BCUT2D eigenvalue weighted by Gasteiger charge is 2.10. The Morgan fingerprint density at radius 2 is 2.21 bits per heavy atom. The van der Waals surface area contributed by atoms with Gasteiger partial charge in [0.25, 0.3) is 0 Å². The Balaban J connectivity index is 2.05. The number of rotatable bonds is 6. The van der Waals surface area contributed by atoms with Gasteiger partial charge in [0.15, 0.2) is 0 Å². The Labute approximate surface area is 114 Å². The maximum Gasteiger partial charge on any atom is 0.137 e. The molecule has 2 aromatic heterocycles.